The maximum atomic E-state index is 12.4. The number of nitrogens with one attached hydrogen (secondary N) is 1. The zero-order valence-electron chi connectivity index (χ0n) is 12.4. The monoisotopic (exact) mass is 269 g/mol. The van der Waals surface area contributed by atoms with Gasteiger partial charge in [-0.3, -0.25) is 4.79 Å². The number of rotatable bonds is 2. The van der Waals surface area contributed by atoms with Crippen LogP contribution < -0.4 is 5.32 Å². The van der Waals surface area contributed by atoms with E-state index in [1.54, 1.807) is 0 Å². The van der Waals surface area contributed by atoms with Crippen molar-refractivity contribution >= 4 is 11.6 Å². The Morgan fingerprint density at radius 3 is 2.85 bits per heavy atom. The number of aryl methyl sites for hydroxylation is 2. The first kappa shape index (κ1) is 13.4. The summed E-state index contributed by atoms with van der Waals surface area (Å²) in [5.74, 6) is 1.47. The van der Waals surface area contributed by atoms with Gasteiger partial charge in [-0.1, -0.05) is 24.6 Å². The van der Waals surface area contributed by atoms with E-state index in [1.165, 1.54) is 36.8 Å². The predicted octanol–water partition coefficient (Wildman–Crippen LogP) is 4.23. The van der Waals surface area contributed by atoms with Crippen molar-refractivity contribution in [2.45, 2.75) is 39.5 Å². The van der Waals surface area contributed by atoms with Gasteiger partial charge in [0, 0.05) is 11.6 Å². The third-order valence-corrected chi connectivity index (χ3v) is 4.82. The van der Waals surface area contributed by atoms with E-state index in [1.807, 2.05) is 6.07 Å². The molecular weight excluding hydrogens is 246 g/mol. The number of benzene rings is 1. The molecule has 1 amide bonds. The summed E-state index contributed by atoms with van der Waals surface area (Å²) in [6.45, 7) is 4.17. The third kappa shape index (κ3) is 2.65. The molecule has 0 aromatic heterocycles. The fourth-order valence-electron chi connectivity index (χ4n) is 3.34. The molecule has 106 valence electrons. The Bertz CT molecular complexity index is 546. The summed E-state index contributed by atoms with van der Waals surface area (Å²) in [6.07, 6.45) is 9.45. The molecule has 20 heavy (non-hydrogen) atoms. The van der Waals surface area contributed by atoms with Gasteiger partial charge in [-0.2, -0.15) is 0 Å². The van der Waals surface area contributed by atoms with Crippen LogP contribution in [-0.4, -0.2) is 5.91 Å². The van der Waals surface area contributed by atoms with E-state index in [9.17, 15) is 4.79 Å². The van der Waals surface area contributed by atoms with Crippen LogP contribution in [0.25, 0.3) is 0 Å². The second-order valence-electron chi connectivity index (χ2n) is 6.27. The highest BCUT2D eigenvalue weighted by Crippen LogP contribution is 2.51. The molecule has 0 heterocycles. The molecule has 1 saturated carbocycles. The minimum atomic E-state index is 0.200. The average molecular weight is 269 g/mol. The van der Waals surface area contributed by atoms with Crippen molar-refractivity contribution < 1.29 is 4.79 Å². The zero-order chi connectivity index (χ0) is 14.1. The van der Waals surface area contributed by atoms with Gasteiger partial charge >= 0.3 is 0 Å². The minimum absolute atomic E-state index is 0.200. The molecule has 1 fully saturated rings. The smallest absolute Gasteiger partial charge is 0.228 e. The van der Waals surface area contributed by atoms with Crippen LogP contribution >= 0.6 is 0 Å². The molecule has 2 aliphatic carbocycles. The largest absolute Gasteiger partial charge is 0.326 e. The zero-order valence-corrected chi connectivity index (χ0v) is 12.4. The lowest BCUT2D eigenvalue weighted by Crippen LogP contribution is -2.15. The van der Waals surface area contributed by atoms with E-state index in [0.717, 1.165) is 5.69 Å². The molecule has 2 heteroatoms. The molecule has 3 rings (SSSR count). The molecule has 0 bridgehead atoms. The molecule has 2 aliphatic rings. The van der Waals surface area contributed by atoms with Crippen molar-refractivity contribution in [3.05, 3.63) is 41.5 Å². The van der Waals surface area contributed by atoms with Crippen LogP contribution in [0.2, 0.25) is 0 Å². The number of fused-ring (bicyclic) bond motifs is 1. The van der Waals surface area contributed by atoms with E-state index in [-0.39, 0.29) is 11.8 Å². The van der Waals surface area contributed by atoms with Crippen molar-refractivity contribution in [1.29, 1.82) is 0 Å². The lowest BCUT2D eigenvalue weighted by molar-refractivity contribution is -0.117. The van der Waals surface area contributed by atoms with Crippen molar-refractivity contribution in [2.24, 2.45) is 17.8 Å². The fraction of sp³-hybridized carbons (Fsp3) is 0.500. The fourth-order valence-corrected chi connectivity index (χ4v) is 3.34. The molecule has 1 aromatic carbocycles. The maximum absolute atomic E-state index is 12.4. The van der Waals surface area contributed by atoms with Gasteiger partial charge in [0.1, 0.15) is 0 Å². The highest BCUT2D eigenvalue weighted by atomic mass is 16.2. The van der Waals surface area contributed by atoms with E-state index in [0.29, 0.717) is 11.8 Å². The van der Waals surface area contributed by atoms with Crippen molar-refractivity contribution in [1.82, 2.24) is 0 Å². The number of hydrogen-bond acceptors (Lipinski definition) is 1. The van der Waals surface area contributed by atoms with E-state index >= 15 is 0 Å². The Hall–Kier alpha value is -1.57. The second kappa shape index (κ2) is 5.43. The Morgan fingerprint density at radius 2 is 2.05 bits per heavy atom. The summed E-state index contributed by atoms with van der Waals surface area (Å²) in [7, 11) is 0. The lowest BCUT2D eigenvalue weighted by Gasteiger charge is -2.07. The molecule has 0 radical (unpaired) electrons. The summed E-state index contributed by atoms with van der Waals surface area (Å²) in [5, 5.41) is 3.10. The van der Waals surface area contributed by atoms with Crippen LogP contribution in [-0.2, 0) is 4.79 Å². The topological polar surface area (TPSA) is 29.1 Å². The number of amides is 1. The van der Waals surface area contributed by atoms with E-state index < -0.39 is 0 Å². The van der Waals surface area contributed by atoms with E-state index in [4.69, 9.17) is 0 Å². The first-order chi connectivity index (χ1) is 9.66. The van der Waals surface area contributed by atoms with Crippen LogP contribution in [0.15, 0.2) is 30.4 Å². The Kier molecular flexibility index (Phi) is 3.64. The number of carbonyl (C=O) groups is 1. The summed E-state index contributed by atoms with van der Waals surface area (Å²) in [5.41, 5.74) is 3.42. The van der Waals surface area contributed by atoms with Crippen LogP contribution in [0.3, 0.4) is 0 Å². The molecule has 1 N–H and O–H groups in total. The Labute approximate surface area is 121 Å². The molecule has 1 aromatic rings. The summed E-state index contributed by atoms with van der Waals surface area (Å²) in [6, 6.07) is 6.13. The second-order valence-corrected chi connectivity index (χ2v) is 6.27. The minimum Gasteiger partial charge on any atom is -0.326 e. The van der Waals surface area contributed by atoms with Gasteiger partial charge in [0.25, 0.3) is 0 Å². The summed E-state index contributed by atoms with van der Waals surface area (Å²) >= 11 is 0. The molecule has 2 nitrogen and oxygen atoms in total. The van der Waals surface area contributed by atoms with Gasteiger partial charge in [-0.05, 0) is 68.2 Å². The number of carbonyl (C=O) groups excluding carboxylic acids is 1. The molecule has 3 atom stereocenters. The van der Waals surface area contributed by atoms with Gasteiger partial charge in [0.05, 0.1) is 0 Å². The van der Waals surface area contributed by atoms with Gasteiger partial charge in [-0.15, -0.1) is 0 Å². The standard InChI is InChI=1S/C18H23NO/c1-12-9-10-14(11-13(12)2)19-18(20)17-15-7-5-3-4-6-8-16(15)17/h5,7,9-11,15-17H,3-4,6,8H2,1-2H3,(H,19,20)/b7-5-/t15-,16+,17+/m0/s1. The molecule has 0 unspecified atom stereocenters. The molecule has 0 saturated heterocycles. The first-order valence-electron chi connectivity index (χ1n) is 7.71. The third-order valence-electron chi connectivity index (χ3n) is 4.82. The van der Waals surface area contributed by atoms with Crippen molar-refractivity contribution in [2.75, 3.05) is 5.32 Å². The number of hydrogen-bond donors (Lipinski definition) is 1. The highest BCUT2D eigenvalue weighted by Gasteiger charge is 2.52. The first-order valence-corrected chi connectivity index (χ1v) is 7.71. The van der Waals surface area contributed by atoms with Crippen LogP contribution in [0.1, 0.15) is 36.8 Å². The maximum Gasteiger partial charge on any atom is 0.228 e. The van der Waals surface area contributed by atoms with Gasteiger partial charge < -0.3 is 5.32 Å². The number of anilines is 1. The predicted molar refractivity (Wildman–Crippen MR) is 82.6 cm³/mol. The normalized spacial score (nSPS) is 29.8. The van der Waals surface area contributed by atoms with Gasteiger partial charge in [0.15, 0.2) is 0 Å². The van der Waals surface area contributed by atoms with Crippen LogP contribution in [0.4, 0.5) is 5.69 Å². The SMILES string of the molecule is Cc1ccc(NC(=O)[C@@H]2[C@H]3/C=C\CCCC[C@H]32)cc1C. The molecule has 0 spiro atoms. The van der Waals surface area contributed by atoms with E-state index in [2.05, 4.69) is 43.4 Å². The van der Waals surface area contributed by atoms with Crippen molar-refractivity contribution in [3.8, 4) is 0 Å². The van der Waals surface area contributed by atoms with Gasteiger partial charge in [0.2, 0.25) is 5.91 Å². The lowest BCUT2D eigenvalue weighted by atomic mass is 10.1. The van der Waals surface area contributed by atoms with Gasteiger partial charge in [-0.25, -0.2) is 0 Å². The Morgan fingerprint density at radius 1 is 1.20 bits per heavy atom. The average Bonchev–Trinajstić information content (AvgIpc) is 3.05. The summed E-state index contributed by atoms with van der Waals surface area (Å²) < 4.78 is 0. The summed E-state index contributed by atoms with van der Waals surface area (Å²) in [4.78, 5) is 12.4. The van der Waals surface area contributed by atoms with Crippen LogP contribution in [0.5, 0.6) is 0 Å². The van der Waals surface area contributed by atoms with Crippen LogP contribution in [0, 0.1) is 31.6 Å². The number of allylic oxidation sites excluding steroid dienone is 2. The Balaban J connectivity index is 1.66. The molecular formula is C18H23NO. The molecule has 0 aliphatic heterocycles. The highest BCUT2D eigenvalue weighted by molar-refractivity contribution is 5.95. The van der Waals surface area contributed by atoms with Crippen molar-refractivity contribution in [3.63, 3.8) is 0 Å². The quantitative estimate of drug-likeness (QED) is 0.800.